The number of benzene rings is 1. The Bertz CT molecular complexity index is 552. The molecule has 1 saturated heterocycles. The van der Waals surface area contributed by atoms with E-state index in [1.54, 1.807) is 0 Å². The maximum atomic E-state index is 5.49. The van der Waals surface area contributed by atoms with Crippen LogP contribution in [-0.2, 0) is 0 Å². The number of nitrogens with one attached hydrogen (secondary N) is 1. The van der Waals surface area contributed by atoms with E-state index in [2.05, 4.69) is 41.1 Å². The summed E-state index contributed by atoms with van der Waals surface area (Å²) in [5.41, 5.74) is 2.95. The highest BCUT2D eigenvalue weighted by Crippen LogP contribution is 2.28. The van der Waals surface area contributed by atoms with Crippen LogP contribution in [0.2, 0.25) is 0 Å². The average Bonchev–Trinajstić information content (AvgIpc) is 2.71. The molecule has 1 aliphatic rings. The van der Waals surface area contributed by atoms with Crippen molar-refractivity contribution in [1.29, 1.82) is 0 Å². The Kier molecular flexibility index (Phi) is 3.20. The highest BCUT2D eigenvalue weighted by atomic mass is 32.2. The molecule has 2 atom stereocenters. The number of anilines is 1. The van der Waals surface area contributed by atoms with Gasteiger partial charge >= 0.3 is 0 Å². The number of oxazole rings is 1. The number of fused-ring (bicyclic) bond motifs is 1. The fourth-order valence-corrected chi connectivity index (χ4v) is 3.60. The number of hydrogen-bond acceptors (Lipinski definition) is 4. The number of aromatic nitrogens is 1. The van der Waals surface area contributed by atoms with Crippen LogP contribution < -0.4 is 5.32 Å². The smallest absolute Gasteiger partial charge is 0.192 e. The van der Waals surface area contributed by atoms with Gasteiger partial charge in [-0.05, 0) is 36.8 Å². The normalized spacial score (nSPS) is 24.3. The van der Waals surface area contributed by atoms with Crippen LogP contribution in [0.5, 0.6) is 0 Å². The van der Waals surface area contributed by atoms with Gasteiger partial charge in [0, 0.05) is 23.9 Å². The van der Waals surface area contributed by atoms with Crippen molar-refractivity contribution in [3.8, 4) is 0 Å². The first kappa shape index (κ1) is 11.9. The summed E-state index contributed by atoms with van der Waals surface area (Å²) >= 11 is 2.06. The molecule has 96 valence electrons. The van der Waals surface area contributed by atoms with E-state index >= 15 is 0 Å². The monoisotopic (exact) mass is 262 g/mol. The molecule has 0 amide bonds. The maximum Gasteiger partial charge on any atom is 0.192 e. The van der Waals surface area contributed by atoms with Crippen LogP contribution in [0, 0.1) is 6.92 Å². The topological polar surface area (TPSA) is 38.1 Å². The lowest BCUT2D eigenvalue weighted by atomic mass is 10.1. The molecule has 2 aromatic rings. The van der Waals surface area contributed by atoms with Crippen molar-refractivity contribution in [3.63, 3.8) is 0 Å². The van der Waals surface area contributed by atoms with Crippen molar-refractivity contribution in [2.24, 2.45) is 0 Å². The molecule has 0 radical (unpaired) electrons. The van der Waals surface area contributed by atoms with Gasteiger partial charge in [-0.1, -0.05) is 6.92 Å². The maximum absolute atomic E-state index is 5.49. The third kappa shape index (κ3) is 2.34. The average molecular weight is 262 g/mol. The Hall–Kier alpha value is -1.16. The van der Waals surface area contributed by atoms with Crippen molar-refractivity contribution in [3.05, 3.63) is 24.1 Å². The largest absolute Gasteiger partial charge is 0.441 e. The molecule has 2 unspecified atom stereocenters. The minimum absolute atomic E-state index is 0.564. The van der Waals surface area contributed by atoms with Crippen LogP contribution in [-0.4, -0.2) is 22.0 Å². The standard InChI is InChI=1S/C14H18N2OS/c1-9-12(4-3-7-18-9)16-11-5-6-14-13(8-11)15-10(2)17-14/h5-6,8-9,12,16H,3-4,7H2,1-2H3. The van der Waals surface area contributed by atoms with Crippen molar-refractivity contribution in [2.45, 2.75) is 38.0 Å². The fourth-order valence-electron chi connectivity index (χ4n) is 2.46. The van der Waals surface area contributed by atoms with Crippen molar-refractivity contribution in [1.82, 2.24) is 4.98 Å². The molecular formula is C14H18N2OS. The zero-order chi connectivity index (χ0) is 12.5. The molecule has 2 heterocycles. The minimum Gasteiger partial charge on any atom is -0.441 e. The Morgan fingerprint density at radius 1 is 1.44 bits per heavy atom. The third-order valence-corrected chi connectivity index (χ3v) is 4.83. The summed E-state index contributed by atoms with van der Waals surface area (Å²) in [5.74, 6) is 2.02. The van der Waals surface area contributed by atoms with E-state index in [-0.39, 0.29) is 0 Å². The van der Waals surface area contributed by atoms with Crippen molar-refractivity contribution in [2.75, 3.05) is 11.1 Å². The SMILES string of the molecule is Cc1nc2cc(NC3CCCSC3C)ccc2o1. The van der Waals surface area contributed by atoms with Crippen LogP contribution in [0.3, 0.4) is 0 Å². The van der Waals surface area contributed by atoms with Crippen LogP contribution in [0.4, 0.5) is 5.69 Å². The fraction of sp³-hybridized carbons (Fsp3) is 0.500. The first-order chi connectivity index (χ1) is 8.72. The third-order valence-electron chi connectivity index (χ3n) is 3.45. The van der Waals surface area contributed by atoms with Gasteiger partial charge in [0.2, 0.25) is 0 Å². The van der Waals surface area contributed by atoms with Gasteiger partial charge in [0.05, 0.1) is 0 Å². The zero-order valence-electron chi connectivity index (χ0n) is 10.8. The van der Waals surface area contributed by atoms with E-state index in [9.17, 15) is 0 Å². The number of thioether (sulfide) groups is 1. The van der Waals surface area contributed by atoms with Crippen molar-refractivity contribution >= 4 is 28.5 Å². The molecule has 3 rings (SSSR count). The molecule has 1 aromatic carbocycles. The Balaban J connectivity index is 1.81. The second-order valence-electron chi connectivity index (χ2n) is 4.88. The summed E-state index contributed by atoms with van der Waals surface area (Å²) in [7, 11) is 0. The predicted octanol–water partition coefficient (Wildman–Crippen LogP) is 3.83. The van der Waals surface area contributed by atoms with Crippen LogP contribution >= 0.6 is 11.8 Å². The molecule has 0 aliphatic carbocycles. The summed E-state index contributed by atoms with van der Waals surface area (Å²) in [6.07, 6.45) is 2.56. The second kappa shape index (κ2) is 4.84. The highest BCUT2D eigenvalue weighted by Gasteiger charge is 2.21. The zero-order valence-corrected chi connectivity index (χ0v) is 11.6. The number of nitrogens with zero attached hydrogens (tertiary/aromatic N) is 1. The first-order valence-corrected chi connectivity index (χ1v) is 7.52. The van der Waals surface area contributed by atoms with Gasteiger partial charge in [-0.2, -0.15) is 11.8 Å². The van der Waals surface area contributed by atoms with Crippen LogP contribution in [0.1, 0.15) is 25.7 Å². The van der Waals surface area contributed by atoms with Gasteiger partial charge in [-0.25, -0.2) is 4.98 Å². The summed E-state index contributed by atoms with van der Waals surface area (Å²) in [5, 5.41) is 4.30. The van der Waals surface area contributed by atoms with Crippen molar-refractivity contribution < 1.29 is 4.42 Å². The van der Waals surface area contributed by atoms with Gasteiger partial charge in [0.15, 0.2) is 11.5 Å². The number of rotatable bonds is 2. The summed E-state index contributed by atoms with van der Waals surface area (Å²) in [4.78, 5) is 4.37. The number of hydrogen-bond donors (Lipinski definition) is 1. The molecule has 1 N–H and O–H groups in total. The molecule has 0 saturated carbocycles. The summed E-state index contributed by atoms with van der Waals surface area (Å²) < 4.78 is 5.49. The van der Waals surface area contributed by atoms with E-state index in [1.165, 1.54) is 18.6 Å². The summed E-state index contributed by atoms with van der Waals surface area (Å²) in [6.45, 7) is 4.19. The Morgan fingerprint density at radius 2 is 2.33 bits per heavy atom. The predicted molar refractivity (Wildman–Crippen MR) is 77.3 cm³/mol. The van der Waals surface area contributed by atoms with Gasteiger partial charge in [0.1, 0.15) is 5.52 Å². The van der Waals surface area contributed by atoms with Crippen LogP contribution in [0.25, 0.3) is 11.1 Å². The molecule has 0 spiro atoms. The van der Waals surface area contributed by atoms with Gasteiger partial charge < -0.3 is 9.73 Å². The van der Waals surface area contributed by atoms with E-state index < -0.39 is 0 Å². The van der Waals surface area contributed by atoms with Gasteiger partial charge in [-0.3, -0.25) is 0 Å². The molecule has 18 heavy (non-hydrogen) atoms. The van der Waals surface area contributed by atoms with E-state index in [1.807, 2.05) is 13.0 Å². The van der Waals surface area contributed by atoms with E-state index in [0.717, 1.165) is 22.7 Å². The molecule has 0 bridgehead atoms. The molecule has 1 fully saturated rings. The molecule has 3 nitrogen and oxygen atoms in total. The number of aryl methyl sites for hydroxylation is 1. The Morgan fingerprint density at radius 3 is 3.17 bits per heavy atom. The second-order valence-corrected chi connectivity index (χ2v) is 6.37. The highest BCUT2D eigenvalue weighted by molar-refractivity contribution is 8.00. The van der Waals surface area contributed by atoms with Crippen LogP contribution in [0.15, 0.2) is 22.6 Å². The Labute approximate surface area is 111 Å². The van der Waals surface area contributed by atoms with Gasteiger partial charge in [0.25, 0.3) is 0 Å². The lowest BCUT2D eigenvalue weighted by Gasteiger charge is -2.29. The lowest BCUT2D eigenvalue weighted by Crippen LogP contribution is -2.32. The first-order valence-electron chi connectivity index (χ1n) is 6.48. The molecule has 1 aliphatic heterocycles. The molecule has 1 aromatic heterocycles. The van der Waals surface area contributed by atoms with E-state index in [4.69, 9.17) is 4.42 Å². The molecule has 4 heteroatoms. The minimum atomic E-state index is 0.564. The van der Waals surface area contributed by atoms with E-state index in [0.29, 0.717) is 11.3 Å². The quantitative estimate of drug-likeness (QED) is 0.892. The van der Waals surface area contributed by atoms with Gasteiger partial charge in [-0.15, -0.1) is 0 Å². The lowest BCUT2D eigenvalue weighted by molar-refractivity contribution is 0.561. The summed E-state index contributed by atoms with van der Waals surface area (Å²) in [6, 6.07) is 6.73. The molecular weight excluding hydrogens is 244 g/mol.